The zero-order valence-corrected chi connectivity index (χ0v) is 25.3. The number of methoxy groups -OCH3 is 2. The molecule has 0 saturated carbocycles. The van der Waals surface area contributed by atoms with Crippen molar-refractivity contribution in [3.8, 4) is 11.5 Å². The Morgan fingerprint density at radius 3 is 2.33 bits per heavy atom. The molecule has 0 aliphatic carbocycles. The van der Waals surface area contributed by atoms with Crippen LogP contribution < -0.4 is 24.6 Å². The smallest absolute Gasteiger partial charge is 0.416 e. The molecule has 9 nitrogen and oxygen atoms in total. The highest BCUT2D eigenvalue weighted by atomic mass is 32.2. The van der Waals surface area contributed by atoms with E-state index >= 15 is 0 Å². The summed E-state index contributed by atoms with van der Waals surface area (Å²) >= 11 is 1.81. The lowest BCUT2D eigenvalue weighted by atomic mass is 9.83. The van der Waals surface area contributed by atoms with Gasteiger partial charge in [0, 0.05) is 16.5 Å². The fourth-order valence-electron chi connectivity index (χ4n) is 5.60. The second-order valence-corrected chi connectivity index (χ2v) is 12.4. The van der Waals surface area contributed by atoms with Crippen LogP contribution in [0.15, 0.2) is 82.6 Å². The maximum Gasteiger partial charge on any atom is 0.416 e. The lowest BCUT2D eigenvalue weighted by Gasteiger charge is -2.31. The molecule has 3 heterocycles. The highest BCUT2D eigenvalue weighted by Crippen LogP contribution is 2.54. The molecule has 4 aromatic rings. The predicted octanol–water partition coefficient (Wildman–Crippen LogP) is 5.38. The van der Waals surface area contributed by atoms with Crippen molar-refractivity contribution in [1.82, 2.24) is 4.57 Å². The first-order valence-electron chi connectivity index (χ1n) is 13.5. The summed E-state index contributed by atoms with van der Waals surface area (Å²) in [4.78, 5) is 55.1. The van der Waals surface area contributed by atoms with E-state index < -0.39 is 51.4 Å². The molecule has 3 atom stereocenters. The molecule has 2 aliphatic rings. The van der Waals surface area contributed by atoms with Gasteiger partial charge in [-0.05, 0) is 48.0 Å². The Balaban J connectivity index is 1.45. The van der Waals surface area contributed by atoms with Crippen molar-refractivity contribution in [1.29, 1.82) is 0 Å². The van der Waals surface area contributed by atoms with Gasteiger partial charge in [0.25, 0.3) is 0 Å². The quantitative estimate of drug-likeness (QED) is 0.267. The summed E-state index contributed by atoms with van der Waals surface area (Å²) in [5.41, 5.74) is -0.150. The number of para-hydroxylation sites is 1. The first-order valence-corrected chi connectivity index (χ1v) is 15.2. The van der Waals surface area contributed by atoms with Gasteiger partial charge in [0.2, 0.25) is 17.7 Å². The summed E-state index contributed by atoms with van der Waals surface area (Å²) in [6, 6.07) is 17.7. The van der Waals surface area contributed by atoms with E-state index in [9.17, 15) is 32.3 Å². The predicted molar refractivity (Wildman–Crippen MR) is 162 cm³/mol. The van der Waals surface area contributed by atoms with Gasteiger partial charge in [-0.15, -0.1) is 0 Å². The van der Waals surface area contributed by atoms with Crippen molar-refractivity contribution in [2.24, 2.45) is 5.92 Å². The topological polar surface area (TPSA) is 107 Å². The molecule has 1 aromatic heterocycles. The normalized spacial score (nSPS) is 19.2. The van der Waals surface area contributed by atoms with E-state index in [4.69, 9.17) is 9.47 Å². The summed E-state index contributed by atoms with van der Waals surface area (Å²) in [7, 11) is 2.90. The van der Waals surface area contributed by atoms with Crippen molar-refractivity contribution in [3.63, 3.8) is 0 Å². The van der Waals surface area contributed by atoms with E-state index in [0.717, 1.165) is 46.2 Å². The zero-order valence-electron chi connectivity index (χ0n) is 23.7. The Hall–Kier alpha value is -4.56. The van der Waals surface area contributed by atoms with Crippen LogP contribution in [-0.2, 0) is 27.1 Å². The third kappa shape index (κ3) is 5.48. The minimum absolute atomic E-state index is 0.205. The number of rotatable bonds is 7. The van der Waals surface area contributed by atoms with Gasteiger partial charge < -0.3 is 14.8 Å². The fourth-order valence-corrected chi connectivity index (χ4v) is 8.38. The Kier molecular flexibility index (Phi) is 7.95. The number of amides is 3. The van der Waals surface area contributed by atoms with Crippen LogP contribution in [0.4, 0.5) is 24.5 Å². The van der Waals surface area contributed by atoms with Gasteiger partial charge in [0.1, 0.15) is 11.8 Å². The van der Waals surface area contributed by atoms with E-state index in [2.05, 4.69) is 5.32 Å². The standard InChI is InChI=1S/C31H24F3N3O6S2/c1-42-20-12-11-16(13-21(20)43-2)23-24-25(28(40)37(27(24)39)19-10-6-7-17(14-19)31(32,33)34)44-29-26(23)45-30(41)36(29)15-22(38)35-18-8-4-3-5-9-18/h3-14,23-25H,15H2,1-2H3,(H,35,38)/t23-,24?,25?/m0/s1. The molecule has 1 saturated heterocycles. The Bertz CT molecular complexity index is 1870. The highest BCUT2D eigenvalue weighted by Gasteiger charge is 2.57. The Morgan fingerprint density at radius 1 is 0.911 bits per heavy atom. The summed E-state index contributed by atoms with van der Waals surface area (Å²) in [6.07, 6.45) is -4.69. The number of nitrogens with one attached hydrogen (secondary N) is 1. The van der Waals surface area contributed by atoms with Crippen LogP contribution in [0.3, 0.4) is 0 Å². The molecule has 0 radical (unpaired) electrons. The summed E-state index contributed by atoms with van der Waals surface area (Å²) in [5, 5.41) is 1.98. The van der Waals surface area contributed by atoms with Crippen molar-refractivity contribution >= 4 is 52.2 Å². The molecular formula is C31H24F3N3O6S2. The first kappa shape index (κ1) is 30.5. The van der Waals surface area contributed by atoms with Gasteiger partial charge in [0.15, 0.2) is 11.5 Å². The van der Waals surface area contributed by atoms with E-state index in [-0.39, 0.29) is 12.2 Å². The number of halogens is 3. The molecule has 1 fully saturated rings. The molecule has 2 unspecified atom stereocenters. The maximum absolute atomic E-state index is 14.1. The summed E-state index contributed by atoms with van der Waals surface area (Å²) in [6.45, 7) is -0.359. The van der Waals surface area contributed by atoms with Crippen LogP contribution in [0.25, 0.3) is 0 Å². The number of fused-ring (bicyclic) bond motifs is 2. The van der Waals surface area contributed by atoms with Gasteiger partial charge in [-0.2, -0.15) is 13.2 Å². The van der Waals surface area contributed by atoms with Gasteiger partial charge in [-0.25, -0.2) is 4.90 Å². The van der Waals surface area contributed by atoms with Crippen molar-refractivity contribution in [3.05, 3.63) is 98.5 Å². The van der Waals surface area contributed by atoms with Crippen LogP contribution in [0.1, 0.15) is 21.9 Å². The number of nitrogens with zero attached hydrogens (tertiary/aromatic N) is 2. The van der Waals surface area contributed by atoms with Crippen molar-refractivity contribution < 1.29 is 37.0 Å². The summed E-state index contributed by atoms with van der Waals surface area (Å²) in [5.74, 6) is -3.06. The second kappa shape index (κ2) is 11.7. The monoisotopic (exact) mass is 655 g/mol. The number of hydrogen-bond acceptors (Lipinski definition) is 8. The molecule has 232 valence electrons. The van der Waals surface area contributed by atoms with Gasteiger partial charge in [-0.3, -0.25) is 23.7 Å². The third-order valence-corrected chi connectivity index (χ3v) is 10.2. The van der Waals surface area contributed by atoms with Crippen molar-refractivity contribution in [2.45, 2.75) is 28.9 Å². The number of hydrogen-bond donors (Lipinski definition) is 1. The molecule has 0 bridgehead atoms. The number of ether oxygens (including phenoxy) is 2. The number of anilines is 2. The number of imide groups is 1. The van der Waals surface area contributed by atoms with Crippen LogP contribution in [0.2, 0.25) is 0 Å². The number of thioether (sulfide) groups is 1. The molecule has 45 heavy (non-hydrogen) atoms. The van der Waals surface area contributed by atoms with Gasteiger partial charge in [-0.1, -0.05) is 53.4 Å². The minimum Gasteiger partial charge on any atom is -0.493 e. The van der Waals surface area contributed by atoms with Gasteiger partial charge in [0.05, 0.1) is 36.4 Å². The van der Waals surface area contributed by atoms with E-state index in [1.807, 2.05) is 0 Å². The molecule has 1 N–H and O–H groups in total. The molecular weight excluding hydrogens is 631 g/mol. The lowest BCUT2D eigenvalue weighted by Crippen LogP contribution is -2.33. The fraction of sp³-hybridized carbons (Fsp3) is 0.226. The molecule has 0 spiro atoms. The number of benzene rings is 3. The summed E-state index contributed by atoms with van der Waals surface area (Å²) < 4.78 is 52.7. The average Bonchev–Trinajstić information content (AvgIpc) is 3.46. The Labute approximate surface area is 262 Å². The van der Waals surface area contributed by atoms with Gasteiger partial charge >= 0.3 is 11.0 Å². The molecule has 14 heteroatoms. The number of thiazole rings is 1. The number of alkyl halides is 3. The SMILES string of the molecule is COc1ccc([C@@H]2c3sc(=O)n(CC(=O)Nc4ccccc4)c3SC3C(=O)N(c4cccc(C(F)(F)F)c4)C(=O)C32)cc1OC. The van der Waals surface area contributed by atoms with E-state index in [1.54, 1.807) is 48.5 Å². The number of carbonyl (C=O) groups excluding carboxylic acids is 3. The molecule has 2 aliphatic heterocycles. The maximum atomic E-state index is 14.1. The largest absolute Gasteiger partial charge is 0.493 e. The first-order chi connectivity index (χ1) is 21.5. The number of carbonyl (C=O) groups is 3. The van der Waals surface area contributed by atoms with Crippen LogP contribution in [-0.4, -0.2) is 41.8 Å². The van der Waals surface area contributed by atoms with E-state index in [0.29, 0.717) is 32.7 Å². The number of aromatic nitrogens is 1. The lowest BCUT2D eigenvalue weighted by molar-refractivity contribution is -0.137. The van der Waals surface area contributed by atoms with Crippen molar-refractivity contribution in [2.75, 3.05) is 24.4 Å². The molecule has 3 amide bonds. The van der Waals surface area contributed by atoms with E-state index in [1.165, 1.54) is 24.9 Å². The van der Waals surface area contributed by atoms with Crippen LogP contribution >= 0.6 is 23.1 Å². The molecule has 3 aromatic carbocycles. The second-order valence-electron chi connectivity index (χ2n) is 10.3. The minimum atomic E-state index is -4.69. The zero-order chi connectivity index (χ0) is 32.0. The third-order valence-electron chi connectivity index (χ3n) is 7.61. The molecule has 6 rings (SSSR count). The average molecular weight is 656 g/mol. The highest BCUT2D eigenvalue weighted by molar-refractivity contribution is 8.00. The van der Waals surface area contributed by atoms with Crippen LogP contribution in [0, 0.1) is 5.92 Å². The Morgan fingerprint density at radius 2 is 1.64 bits per heavy atom. The van der Waals surface area contributed by atoms with Crippen LogP contribution in [0.5, 0.6) is 11.5 Å².